The monoisotopic (exact) mass is 327 g/mol. The molecule has 1 aliphatic heterocycles. The van der Waals surface area contributed by atoms with Gasteiger partial charge in [0.1, 0.15) is 0 Å². The molecule has 0 saturated carbocycles. The van der Waals surface area contributed by atoms with Crippen LogP contribution >= 0.6 is 35.0 Å². The molecule has 6 heteroatoms. The largest absolute Gasteiger partial charge is 0.440 e. The molecule has 0 bridgehead atoms. The van der Waals surface area contributed by atoms with E-state index in [1.165, 1.54) is 0 Å². The Labute approximate surface area is 130 Å². The van der Waals surface area contributed by atoms with Crippen molar-refractivity contribution in [1.82, 2.24) is 5.32 Å². The van der Waals surface area contributed by atoms with Crippen molar-refractivity contribution in [2.24, 2.45) is 0 Å². The second kappa shape index (κ2) is 5.72. The van der Waals surface area contributed by atoms with Gasteiger partial charge in [-0.2, -0.15) is 0 Å². The summed E-state index contributed by atoms with van der Waals surface area (Å²) in [4.78, 5) is 13.3. The second-order valence-corrected chi connectivity index (χ2v) is 6.39. The second-order valence-electron chi connectivity index (χ2n) is 4.45. The number of fused-ring (bicyclic) bond motifs is 1. The van der Waals surface area contributed by atoms with Gasteiger partial charge in [-0.25, -0.2) is 0 Å². The van der Waals surface area contributed by atoms with E-state index in [1.54, 1.807) is 23.9 Å². The highest BCUT2D eigenvalue weighted by atomic mass is 35.5. The zero-order valence-corrected chi connectivity index (χ0v) is 12.7. The average molecular weight is 328 g/mol. The molecule has 0 spiro atoms. The minimum absolute atomic E-state index is 0.0543. The first-order chi connectivity index (χ1) is 9.63. The number of nitrogens with one attached hydrogen (secondary N) is 1. The molecule has 0 saturated heterocycles. The van der Waals surface area contributed by atoms with Gasteiger partial charge in [0.05, 0.1) is 6.04 Å². The lowest BCUT2D eigenvalue weighted by atomic mass is 10.0. The van der Waals surface area contributed by atoms with Crippen LogP contribution in [0.2, 0.25) is 10.2 Å². The number of carbonyl (C=O) groups is 1. The van der Waals surface area contributed by atoms with Crippen molar-refractivity contribution in [3.8, 4) is 0 Å². The van der Waals surface area contributed by atoms with Crippen LogP contribution in [0.15, 0.2) is 39.6 Å². The van der Waals surface area contributed by atoms with Crippen molar-refractivity contribution >= 4 is 40.9 Å². The lowest BCUT2D eigenvalue weighted by molar-refractivity contribution is 0.0907. The Morgan fingerprint density at radius 1 is 1.30 bits per heavy atom. The van der Waals surface area contributed by atoms with Crippen LogP contribution in [0.5, 0.6) is 0 Å². The summed E-state index contributed by atoms with van der Waals surface area (Å²) in [6, 6.07) is 8.82. The number of halogens is 2. The van der Waals surface area contributed by atoms with Crippen LogP contribution in [0.4, 0.5) is 0 Å². The topological polar surface area (TPSA) is 42.2 Å². The van der Waals surface area contributed by atoms with Gasteiger partial charge in [0.25, 0.3) is 5.91 Å². The summed E-state index contributed by atoms with van der Waals surface area (Å²) in [5.41, 5.74) is 1.06. The predicted octanol–water partition coefficient (Wildman–Crippen LogP) is 4.55. The van der Waals surface area contributed by atoms with Crippen LogP contribution in [0.25, 0.3) is 0 Å². The van der Waals surface area contributed by atoms with Gasteiger partial charge in [-0.3, -0.25) is 4.79 Å². The zero-order valence-electron chi connectivity index (χ0n) is 10.4. The highest BCUT2D eigenvalue weighted by Crippen LogP contribution is 2.37. The number of hydrogen-bond acceptors (Lipinski definition) is 3. The van der Waals surface area contributed by atoms with Gasteiger partial charge in [0.2, 0.25) is 0 Å². The van der Waals surface area contributed by atoms with Gasteiger partial charge >= 0.3 is 0 Å². The van der Waals surface area contributed by atoms with E-state index in [9.17, 15) is 4.79 Å². The van der Waals surface area contributed by atoms with Gasteiger partial charge in [0, 0.05) is 15.7 Å². The first-order valence-electron chi connectivity index (χ1n) is 6.12. The SMILES string of the molecule is O=C(NC1CCSc2ccc(Cl)cc21)c1ccc(Cl)o1. The molecule has 104 valence electrons. The molecule has 0 aliphatic carbocycles. The molecule has 0 fully saturated rings. The molecule has 2 aromatic rings. The van der Waals surface area contributed by atoms with Gasteiger partial charge < -0.3 is 9.73 Å². The van der Waals surface area contributed by atoms with Gasteiger partial charge in [-0.1, -0.05) is 11.6 Å². The van der Waals surface area contributed by atoms with Crippen molar-refractivity contribution in [1.29, 1.82) is 0 Å². The summed E-state index contributed by atoms with van der Waals surface area (Å²) in [6.07, 6.45) is 0.859. The highest BCUT2D eigenvalue weighted by molar-refractivity contribution is 7.99. The van der Waals surface area contributed by atoms with E-state index in [4.69, 9.17) is 27.6 Å². The third-order valence-corrected chi connectivity index (χ3v) is 4.67. The van der Waals surface area contributed by atoms with Crippen LogP contribution < -0.4 is 5.32 Å². The molecule has 20 heavy (non-hydrogen) atoms. The van der Waals surface area contributed by atoms with Crippen LogP contribution in [-0.2, 0) is 0 Å². The van der Waals surface area contributed by atoms with Crippen molar-refractivity contribution in [2.45, 2.75) is 17.4 Å². The van der Waals surface area contributed by atoms with Gasteiger partial charge in [0.15, 0.2) is 11.0 Å². The fourth-order valence-electron chi connectivity index (χ4n) is 2.18. The Bertz CT molecular complexity index is 656. The molecule has 1 aromatic carbocycles. The molecule has 3 rings (SSSR count). The van der Waals surface area contributed by atoms with Crippen molar-refractivity contribution in [2.75, 3.05) is 5.75 Å². The van der Waals surface area contributed by atoms with E-state index in [0.29, 0.717) is 5.02 Å². The molecule has 1 atom stereocenters. The molecule has 1 aliphatic rings. The summed E-state index contributed by atoms with van der Waals surface area (Å²) < 4.78 is 5.12. The Kier molecular flexibility index (Phi) is 3.96. The lowest BCUT2D eigenvalue weighted by Gasteiger charge is -2.25. The summed E-state index contributed by atoms with van der Waals surface area (Å²) in [6.45, 7) is 0. The van der Waals surface area contributed by atoms with Crippen molar-refractivity contribution in [3.05, 3.63) is 51.9 Å². The average Bonchev–Trinajstić information content (AvgIpc) is 2.86. The van der Waals surface area contributed by atoms with E-state index in [-0.39, 0.29) is 22.9 Å². The fraction of sp³-hybridized carbons (Fsp3) is 0.214. The number of furan rings is 1. The number of rotatable bonds is 2. The standard InChI is InChI=1S/C14H11Cl2NO2S/c15-8-1-3-12-9(7-8)10(5-6-20-12)17-14(18)11-2-4-13(16)19-11/h1-4,7,10H,5-6H2,(H,17,18). The minimum Gasteiger partial charge on any atom is -0.440 e. The molecule has 1 N–H and O–H groups in total. The molecule has 1 unspecified atom stereocenters. The maximum Gasteiger partial charge on any atom is 0.287 e. The number of benzene rings is 1. The van der Waals surface area contributed by atoms with Gasteiger partial charge in [-0.15, -0.1) is 11.8 Å². The van der Waals surface area contributed by atoms with E-state index >= 15 is 0 Å². The number of amides is 1. The summed E-state index contributed by atoms with van der Waals surface area (Å²) >= 11 is 13.5. The number of hydrogen-bond donors (Lipinski definition) is 1. The molecule has 1 aromatic heterocycles. The quantitative estimate of drug-likeness (QED) is 0.879. The first-order valence-corrected chi connectivity index (χ1v) is 7.86. The summed E-state index contributed by atoms with van der Waals surface area (Å²) in [5.74, 6) is 0.912. The molecule has 2 heterocycles. The van der Waals surface area contributed by atoms with E-state index in [2.05, 4.69) is 5.32 Å². The Balaban J connectivity index is 1.82. The number of carbonyl (C=O) groups excluding carboxylic acids is 1. The van der Waals surface area contributed by atoms with Crippen LogP contribution in [0.1, 0.15) is 28.6 Å². The molecular formula is C14H11Cl2NO2S. The highest BCUT2D eigenvalue weighted by Gasteiger charge is 2.24. The lowest BCUT2D eigenvalue weighted by Crippen LogP contribution is -2.30. The Morgan fingerprint density at radius 3 is 2.90 bits per heavy atom. The first kappa shape index (κ1) is 13.9. The summed E-state index contributed by atoms with van der Waals surface area (Å²) in [5, 5.41) is 3.85. The zero-order chi connectivity index (χ0) is 14.1. The summed E-state index contributed by atoms with van der Waals surface area (Å²) in [7, 11) is 0. The van der Waals surface area contributed by atoms with E-state index in [1.807, 2.05) is 18.2 Å². The maximum absolute atomic E-state index is 12.1. The van der Waals surface area contributed by atoms with E-state index < -0.39 is 0 Å². The van der Waals surface area contributed by atoms with Crippen LogP contribution in [0.3, 0.4) is 0 Å². The molecule has 0 radical (unpaired) electrons. The smallest absolute Gasteiger partial charge is 0.287 e. The fourth-order valence-corrected chi connectivity index (χ4v) is 3.61. The minimum atomic E-state index is -0.264. The molecular weight excluding hydrogens is 317 g/mol. The molecule has 1 amide bonds. The predicted molar refractivity (Wildman–Crippen MR) is 80.7 cm³/mol. The third-order valence-electron chi connectivity index (χ3n) is 3.11. The Hall–Kier alpha value is -1.10. The van der Waals surface area contributed by atoms with Crippen LogP contribution in [-0.4, -0.2) is 11.7 Å². The van der Waals surface area contributed by atoms with Crippen molar-refractivity contribution < 1.29 is 9.21 Å². The maximum atomic E-state index is 12.1. The molecule has 3 nitrogen and oxygen atoms in total. The van der Waals surface area contributed by atoms with Crippen LogP contribution in [0, 0.1) is 0 Å². The van der Waals surface area contributed by atoms with Gasteiger partial charge in [-0.05, 0) is 53.9 Å². The van der Waals surface area contributed by atoms with E-state index in [0.717, 1.165) is 22.6 Å². The Morgan fingerprint density at radius 2 is 2.15 bits per heavy atom. The number of thioether (sulfide) groups is 1. The van der Waals surface area contributed by atoms with Crippen molar-refractivity contribution in [3.63, 3.8) is 0 Å². The third kappa shape index (κ3) is 2.82. The normalized spacial score (nSPS) is 17.6.